The van der Waals surface area contributed by atoms with Crippen LogP contribution in [0, 0.1) is 12.7 Å². The number of hydrogen-bond donors (Lipinski definition) is 0. The maximum atomic E-state index is 13.4. The van der Waals surface area contributed by atoms with Crippen LogP contribution < -0.4 is 0 Å². The molecule has 0 unspecified atom stereocenters. The van der Waals surface area contributed by atoms with E-state index in [0.717, 1.165) is 22.0 Å². The molecule has 4 rings (SSSR count). The number of pyridine rings is 2. The lowest BCUT2D eigenvalue weighted by Crippen LogP contribution is -1.85. The third-order valence-corrected chi connectivity index (χ3v) is 3.50. The van der Waals surface area contributed by atoms with Gasteiger partial charge in [0.25, 0.3) is 0 Å². The van der Waals surface area contributed by atoms with Crippen LogP contribution in [-0.2, 0) is 0 Å². The SMILES string of the molecule is Cc1ccc2c(n1)oc1c(-c3cc(F)ccn3)cccc12. The maximum absolute atomic E-state index is 13.4. The van der Waals surface area contributed by atoms with E-state index in [4.69, 9.17) is 4.42 Å². The van der Waals surface area contributed by atoms with Crippen molar-refractivity contribution in [3.63, 3.8) is 0 Å². The molecule has 0 spiro atoms. The summed E-state index contributed by atoms with van der Waals surface area (Å²) in [6.07, 6.45) is 1.45. The molecule has 0 saturated heterocycles. The number of furan rings is 1. The molecule has 0 amide bonds. The highest BCUT2D eigenvalue weighted by Crippen LogP contribution is 2.34. The highest BCUT2D eigenvalue weighted by Gasteiger charge is 2.13. The zero-order valence-corrected chi connectivity index (χ0v) is 11.3. The quantitative estimate of drug-likeness (QED) is 0.515. The van der Waals surface area contributed by atoms with Gasteiger partial charge in [-0.2, -0.15) is 0 Å². The van der Waals surface area contributed by atoms with Crippen LogP contribution in [0.4, 0.5) is 4.39 Å². The van der Waals surface area contributed by atoms with Gasteiger partial charge in [-0.1, -0.05) is 12.1 Å². The van der Waals surface area contributed by atoms with Crippen LogP contribution in [0.25, 0.3) is 33.3 Å². The van der Waals surface area contributed by atoms with Gasteiger partial charge in [0.15, 0.2) is 0 Å². The lowest BCUT2D eigenvalue weighted by Gasteiger charge is -2.01. The fourth-order valence-electron chi connectivity index (χ4n) is 2.53. The second-order valence-electron chi connectivity index (χ2n) is 4.95. The molecule has 0 fully saturated rings. The van der Waals surface area contributed by atoms with E-state index in [1.165, 1.54) is 18.3 Å². The molecule has 0 radical (unpaired) electrons. The Bertz CT molecular complexity index is 975. The minimum Gasteiger partial charge on any atom is -0.437 e. The Morgan fingerprint density at radius 3 is 2.81 bits per heavy atom. The molecule has 3 nitrogen and oxygen atoms in total. The summed E-state index contributed by atoms with van der Waals surface area (Å²) in [5, 5.41) is 1.91. The molecule has 102 valence electrons. The predicted octanol–water partition coefficient (Wildman–Crippen LogP) is 4.49. The number of halogens is 1. The summed E-state index contributed by atoms with van der Waals surface area (Å²) in [6.45, 7) is 1.92. The molecule has 0 N–H and O–H groups in total. The molecule has 0 bridgehead atoms. The highest BCUT2D eigenvalue weighted by molar-refractivity contribution is 6.08. The zero-order chi connectivity index (χ0) is 14.4. The van der Waals surface area contributed by atoms with E-state index in [9.17, 15) is 4.39 Å². The van der Waals surface area contributed by atoms with Gasteiger partial charge < -0.3 is 4.42 Å². The van der Waals surface area contributed by atoms with Gasteiger partial charge in [0.05, 0.1) is 5.69 Å². The van der Waals surface area contributed by atoms with Gasteiger partial charge in [-0.05, 0) is 31.2 Å². The van der Waals surface area contributed by atoms with Crippen molar-refractivity contribution in [2.75, 3.05) is 0 Å². The minimum absolute atomic E-state index is 0.318. The van der Waals surface area contributed by atoms with E-state index in [2.05, 4.69) is 9.97 Å². The number of para-hydroxylation sites is 1. The number of rotatable bonds is 1. The average molecular weight is 278 g/mol. The van der Waals surface area contributed by atoms with Crippen molar-refractivity contribution in [3.05, 3.63) is 60.2 Å². The maximum Gasteiger partial charge on any atom is 0.227 e. The summed E-state index contributed by atoms with van der Waals surface area (Å²) in [7, 11) is 0. The second kappa shape index (κ2) is 4.38. The normalized spacial score (nSPS) is 11.3. The number of nitrogens with zero attached hydrogens (tertiary/aromatic N) is 2. The molecule has 3 aromatic heterocycles. The van der Waals surface area contributed by atoms with Crippen LogP contribution >= 0.6 is 0 Å². The van der Waals surface area contributed by atoms with E-state index >= 15 is 0 Å². The number of aryl methyl sites for hydroxylation is 1. The molecular formula is C17H11FN2O. The fraction of sp³-hybridized carbons (Fsp3) is 0.0588. The van der Waals surface area contributed by atoms with Crippen molar-refractivity contribution in [1.82, 2.24) is 9.97 Å². The van der Waals surface area contributed by atoms with E-state index in [0.29, 0.717) is 17.0 Å². The van der Waals surface area contributed by atoms with Gasteiger partial charge in [0.2, 0.25) is 5.71 Å². The van der Waals surface area contributed by atoms with Crippen molar-refractivity contribution < 1.29 is 8.81 Å². The van der Waals surface area contributed by atoms with Crippen LogP contribution in [0.3, 0.4) is 0 Å². The van der Waals surface area contributed by atoms with Gasteiger partial charge in [-0.25, -0.2) is 9.37 Å². The first-order valence-corrected chi connectivity index (χ1v) is 6.63. The van der Waals surface area contributed by atoms with Crippen LogP contribution in [-0.4, -0.2) is 9.97 Å². The number of hydrogen-bond acceptors (Lipinski definition) is 3. The number of aromatic nitrogens is 2. The Labute approximate surface area is 120 Å². The molecule has 4 aromatic rings. The van der Waals surface area contributed by atoms with Crippen LogP contribution in [0.1, 0.15) is 5.69 Å². The summed E-state index contributed by atoms with van der Waals surface area (Å²) in [5.41, 5.74) is 3.49. The van der Waals surface area contributed by atoms with Crippen LogP contribution in [0.15, 0.2) is 53.1 Å². The van der Waals surface area contributed by atoms with Crippen molar-refractivity contribution in [2.45, 2.75) is 6.92 Å². The monoisotopic (exact) mass is 278 g/mol. The standard InChI is InChI=1S/C17H11FN2O/c1-10-5-6-13-12-3-2-4-14(16(12)21-17(13)20-10)15-9-11(18)7-8-19-15/h2-9H,1H3. The molecule has 0 saturated carbocycles. The molecule has 0 aliphatic rings. The van der Waals surface area contributed by atoms with Gasteiger partial charge >= 0.3 is 0 Å². The Kier molecular flexibility index (Phi) is 2.51. The molecule has 4 heteroatoms. The van der Waals surface area contributed by atoms with E-state index in [-0.39, 0.29) is 5.82 Å². The van der Waals surface area contributed by atoms with Crippen molar-refractivity contribution in [3.8, 4) is 11.3 Å². The molecule has 0 aliphatic heterocycles. The number of benzene rings is 1. The third kappa shape index (κ3) is 1.88. The van der Waals surface area contributed by atoms with E-state index < -0.39 is 0 Å². The molecule has 0 aliphatic carbocycles. The first kappa shape index (κ1) is 12.0. The molecule has 3 heterocycles. The molecule has 1 aromatic carbocycles. The highest BCUT2D eigenvalue weighted by atomic mass is 19.1. The fourth-order valence-corrected chi connectivity index (χ4v) is 2.53. The third-order valence-electron chi connectivity index (χ3n) is 3.50. The summed E-state index contributed by atoms with van der Waals surface area (Å²) in [5.74, 6) is -0.318. The summed E-state index contributed by atoms with van der Waals surface area (Å²) in [6, 6.07) is 12.4. The molecule has 0 atom stereocenters. The summed E-state index contributed by atoms with van der Waals surface area (Å²) >= 11 is 0. The summed E-state index contributed by atoms with van der Waals surface area (Å²) < 4.78 is 19.3. The predicted molar refractivity (Wildman–Crippen MR) is 79.4 cm³/mol. The average Bonchev–Trinajstić information content (AvgIpc) is 2.84. The number of fused-ring (bicyclic) bond motifs is 3. The van der Waals surface area contributed by atoms with Crippen molar-refractivity contribution in [1.29, 1.82) is 0 Å². The second-order valence-corrected chi connectivity index (χ2v) is 4.95. The first-order valence-electron chi connectivity index (χ1n) is 6.63. The first-order chi connectivity index (χ1) is 10.2. The van der Waals surface area contributed by atoms with E-state index in [1.54, 1.807) is 0 Å². The van der Waals surface area contributed by atoms with Crippen molar-refractivity contribution in [2.24, 2.45) is 0 Å². The smallest absolute Gasteiger partial charge is 0.227 e. The van der Waals surface area contributed by atoms with Gasteiger partial charge in [-0.15, -0.1) is 0 Å². The Morgan fingerprint density at radius 1 is 1.05 bits per heavy atom. The molecular weight excluding hydrogens is 267 g/mol. The Hall–Kier alpha value is -2.75. The molecule has 21 heavy (non-hydrogen) atoms. The lowest BCUT2D eigenvalue weighted by atomic mass is 10.1. The van der Waals surface area contributed by atoms with Gasteiger partial charge in [0, 0.05) is 34.3 Å². The Morgan fingerprint density at radius 2 is 1.95 bits per heavy atom. The largest absolute Gasteiger partial charge is 0.437 e. The Balaban J connectivity index is 2.08. The zero-order valence-electron chi connectivity index (χ0n) is 11.3. The topological polar surface area (TPSA) is 38.9 Å². The summed E-state index contributed by atoms with van der Waals surface area (Å²) in [4.78, 5) is 8.63. The van der Waals surface area contributed by atoms with Crippen LogP contribution in [0.5, 0.6) is 0 Å². The minimum atomic E-state index is -0.318. The van der Waals surface area contributed by atoms with E-state index in [1.807, 2.05) is 37.3 Å². The van der Waals surface area contributed by atoms with Gasteiger partial charge in [0.1, 0.15) is 11.4 Å². The van der Waals surface area contributed by atoms with Crippen molar-refractivity contribution >= 4 is 22.1 Å². The van der Waals surface area contributed by atoms with Crippen LogP contribution in [0.2, 0.25) is 0 Å². The van der Waals surface area contributed by atoms with Gasteiger partial charge in [-0.3, -0.25) is 4.98 Å². The lowest BCUT2D eigenvalue weighted by molar-refractivity contribution is 0.626.